The minimum absolute atomic E-state index is 0.107. The fourth-order valence-electron chi connectivity index (χ4n) is 1.82. The van der Waals surface area contributed by atoms with Crippen molar-refractivity contribution in [1.29, 1.82) is 0 Å². The second-order valence-corrected chi connectivity index (χ2v) is 6.78. The lowest BCUT2D eigenvalue weighted by Gasteiger charge is -2.25. The van der Waals surface area contributed by atoms with Gasteiger partial charge in [0.25, 0.3) is 0 Å². The summed E-state index contributed by atoms with van der Waals surface area (Å²) in [5.74, 6) is 0.261. The van der Waals surface area contributed by atoms with E-state index in [4.69, 9.17) is 5.73 Å². The average Bonchev–Trinajstić information content (AvgIpc) is 2.23. The van der Waals surface area contributed by atoms with Crippen molar-refractivity contribution in [3.63, 3.8) is 0 Å². The summed E-state index contributed by atoms with van der Waals surface area (Å²) >= 11 is 0. The van der Waals surface area contributed by atoms with Gasteiger partial charge in [0.15, 0.2) is 0 Å². The van der Waals surface area contributed by atoms with Gasteiger partial charge in [-0.3, -0.25) is 4.31 Å². The molecular formula is C13H22N2O2S. The molecule has 0 unspecified atom stereocenters. The predicted octanol–water partition coefficient (Wildman–Crippen LogP) is 2.47. The Morgan fingerprint density at radius 3 is 2.50 bits per heavy atom. The number of nitrogens with two attached hydrogens (primary N) is 1. The number of benzene rings is 1. The summed E-state index contributed by atoms with van der Waals surface area (Å²) in [6.07, 6.45) is 0.770. The molecule has 1 aromatic carbocycles. The second kappa shape index (κ2) is 6.09. The smallest absolute Gasteiger partial charge is 0.235 e. The zero-order valence-electron chi connectivity index (χ0n) is 11.3. The summed E-state index contributed by atoms with van der Waals surface area (Å²) in [4.78, 5) is 0. The number of hydrogen-bond acceptors (Lipinski definition) is 3. The summed E-state index contributed by atoms with van der Waals surface area (Å²) in [6.45, 7) is 6.25. The van der Waals surface area contributed by atoms with E-state index >= 15 is 0 Å². The van der Waals surface area contributed by atoms with Crippen molar-refractivity contribution in [1.82, 2.24) is 0 Å². The molecule has 0 spiro atoms. The highest BCUT2D eigenvalue weighted by molar-refractivity contribution is 7.92. The normalized spacial score (nSPS) is 11.8. The highest BCUT2D eigenvalue weighted by Gasteiger charge is 2.22. The Morgan fingerprint density at radius 1 is 1.33 bits per heavy atom. The molecule has 0 amide bonds. The van der Waals surface area contributed by atoms with Gasteiger partial charge in [-0.2, -0.15) is 0 Å². The molecule has 5 heteroatoms. The first-order valence-corrected chi connectivity index (χ1v) is 7.83. The van der Waals surface area contributed by atoms with Crippen LogP contribution in [-0.4, -0.2) is 20.7 Å². The molecule has 0 aliphatic carbocycles. The Morgan fingerprint density at radius 2 is 2.00 bits per heavy atom. The molecule has 1 rings (SSSR count). The first kappa shape index (κ1) is 14.8. The third kappa shape index (κ3) is 3.91. The Labute approximate surface area is 110 Å². The highest BCUT2D eigenvalue weighted by atomic mass is 32.2. The topological polar surface area (TPSA) is 63.4 Å². The second-order valence-electron chi connectivity index (χ2n) is 4.84. The van der Waals surface area contributed by atoms with Gasteiger partial charge in [-0.1, -0.05) is 26.8 Å². The first-order chi connectivity index (χ1) is 8.36. The lowest BCUT2D eigenvalue weighted by Crippen LogP contribution is -2.35. The van der Waals surface area contributed by atoms with Gasteiger partial charge in [0, 0.05) is 12.2 Å². The van der Waals surface area contributed by atoms with Gasteiger partial charge in [-0.25, -0.2) is 8.42 Å². The van der Waals surface area contributed by atoms with Crippen LogP contribution in [0.15, 0.2) is 24.3 Å². The molecule has 0 radical (unpaired) electrons. The summed E-state index contributed by atoms with van der Waals surface area (Å²) in [7, 11) is -3.28. The molecule has 0 bridgehead atoms. The van der Waals surface area contributed by atoms with Crippen LogP contribution in [0.2, 0.25) is 0 Å². The molecule has 0 aliphatic heterocycles. The lowest BCUT2D eigenvalue weighted by molar-refractivity contribution is 0.576. The molecule has 2 N–H and O–H groups in total. The van der Waals surface area contributed by atoms with Crippen molar-refractivity contribution in [3.05, 3.63) is 24.3 Å². The van der Waals surface area contributed by atoms with Crippen LogP contribution >= 0.6 is 0 Å². The number of nitrogen functional groups attached to an aromatic ring is 1. The molecule has 0 heterocycles. The van der Waals surface area contributed by atoms with Gasteiger partial charge in [0.1, 0.15) is 0 Å². The van der Waals surface area contributed by atoms with Crippen molar-refractivity contribution >= 4 is 21.4 Å². The third-order valence-corrected chi connectivity index (χ3v) is 4.62. The van der Waals surface area contributed by atoms with Gasteiger partial charge in [-0.05, 0) is 30.5 Å². The fraction of sp³-hybridized carbons (Fsp3) is 0.538. The SMILES string of the molecule is CCCN(c1cccc(N)c1)S(=O)(=O)CC(C)C. The number of anilines is 2. The number of sulfonamides is 1. The van der Waals surface area contributed by atoms with Crippen LogP contribution in [0, 0.1) is 5.92 Å². The van der Waals surface area contributed by atoms with Crippen LogP contribution in [0.5, 0.6) is 0 Å². The van der Waals surface area contributed by atoms with E-state index in [-0.39, 0.29) is 11.7 Å². The molecule has 0 fully saturated rings. The third-order valence-electron chi connectivity index (χ3n) is 2.46. The van der Waals surface area contributed by atoms with Crippen LogP contribution in [0.3, 0.4) is 0 Å². The molecule has 0 saturated carbocycles. The monoisotopic (exact) mass is 270 g/mol. The van der Waals surface area contributed by atoms with Crippen molar-refractivity contribution in [2.75, 3.05) is 22.3 Å². The molecular weight excluding hydrogens is 248 g/mol. The van der Waals surface area contributed by atoms with Crippen LogP contribution in [0.1, 0.15) is 27.2 Å². The molecule has 1 aromatic rings. The fourth-order valence-corrected chi connectivity index (χ4v) is 3.74. The van der Waals surface area contributed by atoms with Gasteiger partial charge < -0.3 is 5.73 Å². The van der Waals surface area contributed by atoms with E-state index in [0.29, 0.717) is 17.9 Å². The largest absolute Gasteiger partial charge is 0.399 e. The Bertz CT molecular complexity index is 484. The minimum atomic E-state index is -3.28. The van der Waals surface area contributed by atoms with Gasteiger partial charge in [-0.15, -0.1) is 0 Å². The number of rotatable bonds is 6. The molecule has 0 aliphatic rings. The summed E-state index contributed by atoms with van der Waals surface area (Å²) in [5.41, 5.74) is 6.94. The maximum Gasteiger partial charge on any atom is 0.235 e. The molecule has 102 valence electrons. The summed E-state index contributed by atoms with van der Waals surface area (Å²) in [5, 5.41) is 0. The van der Waals surface area contributed by atoms with E-state index in [1.54, 1.807) is 24.3 Å². The van der Waals surface area contributed by atoms with E-state index in [0.717, 1.165) is 6.42 Å². The predicted molar refractivity (Wildman–Crippen MR) is 77.1 cm³/mol. The van der Waals surface area contributed by atoms with Crippen molar-refractivity contribution in [3.8, 4) is 0 Å². The van der Waals surface area contributed by atoms with Crippen LogP contribution in [0.4, 0.5) is 11.4 Å². The van der Waals surface area contributed by atoms with E-state index in [9.17, 15) is 8.42 Å². The van der Waals surface area contributed by atoms with Gasteiger partial charge in [0.2, 0.25) is 10.0 Å². The van der Waals surface area contributed by atoms with Crippen LogP contribution < -0.4 is 10.0 Å². The van der Waals surface area contributed by atoms with E-state index in [1.807, 2.05) is 20.8 Å². The molecule has 0 atom stereocenters. The summed E-state index contributed by atoms with van der Waals surface area (Å²) in [6, 6.07) is 7.01. The van der Waals surface area contributed by atoms with Crippen molar-refractivity contribution < 1.29 is 8.42 Å². The molecule has 18 heavy (non-hydrogen) atoms. The van der Waals surface area contributed by atoms with Gasteiger partial charge >= 0.3 is 0 Å². The van der Waals surface area contributed by atoms with Crippen molar-refractivity contribution in [2.24, 2.45) is 5.92 Å². The zero-order chi connectivity index (χ0) is 13.8. The molecule has 0 saturated heterocycles. The van der Waals surface area contributed by atoms with Crippen LogP contribution in [-0.2, 0) is 10.0 Å². The number of hydrogen-bond donors (Lipinski definition) is 1. The minimum Gasteiger partial charge on any atom is -0.399 e. The number of nitrogens with zero attached hydrogens (tertiary/aromatic N) is 1. The first-order valence-electron chi connectivity index (χ1n) is 6.22. The van der Waals surface area contributed by atoms with E-state index in [2.05, 4.69) is 0 Å². The van der Waals surface area contributed by atoms with Crippen molar-refractivity contribution in [2.45, 2.75) is 27.2 Å². The Kier molecular flexibility index (Phi) is 5.02. The zero-order valence-corrected chi connectivity index (χ0v) is 12.1. The van der Waals surface area contributed by atoms with Crippen LogP contribution in [0.25, 0.3) is 0 Å². The van der Waals surface area contributed by atoms with E-state index in [1.165, 1.54) is 4.31 Å². The Balaban J connectivity index is 3.10. The Hall–Kier alpha value is -1.23. The molecule has 0 aromatic heterocycles. The van der Waals surface area contributed by atoms with E-state index < -0.39 is 10.0 Å². The maximum atomic E-state index is 12.3. The highest BCUT2D eigenvalue weighted by Crippen LogP contribution is 2.22. The maximum absolute atomic E-state index is 12.3. The summed E-state index contributed by atoms with van der Waals surface area (Å²) < 4.78 is 26.1. The van der Waals surface area contributed by atoms with Gasteiger partial charge in [0.05, 0.1) is 11.4 Å². The lowest BCUT2D eigenvalue weighted by atomic mass is 10.3. The quantitative estimate of drug-likeness (QED) is 0.808. The average molecular weight is 270 g/mol. The standard InChI is InChI=1S/C13H22N2O2S/c1-4-8-15(18(16,17)10-11(2)3)13-7-5-6-12(14)9-13/h5-7,9,11H,4,8,10,14H2,1-3H3. The molecule has 4 nitrogen and oxygen atoms in total.